The van der Waals surface area contributed by atoms with E-state index in [1.165, 1.54) is 18.3 Å². The molecule has 0 unspecified atom stereocenters. The van der Waals surface area contributed by atoms with E-state index in [1.807, 2.05) is 0 Å². The van der Waals surface area contributed by atoms with Gasteiger partial charge in [-0.3, -0.25) is 14.4 Å². The third kappa shape index (κ3) is 4.53. The normalized spacial score (nSPS) is 11.6. The van der Waals surface area contributed by atoms with Gasteiger partial charge in [0.05, 0.1) is 16.5 Å². The van der Waals surface area contributed by atoms with Crippen LogP contribution in [0.4, 0.5) is 14.5 Å². The van der Waals surface area contributed by atoms with Gasteiger partial charge in [0.2, 0.25) is 5.78 Å². The summed E-state index contributed by atoms with van der Waals surface area (Å²) in [6.45, 7) is 1.11. The van der Waals surface area contributed by atoms with Gasteiger partial charge in [-0.1, -0.05) is 19.1 Å². The maximum Gasteiger partial charge on any atom is 0.360 e. The Morgan fingerprint density at radius 1 is 1.08 bits per heavy atom. The Bertz CT molecular complexity index is 1600. The molecule has 0 saturated heterocycles. The van der Waals surface area contributed by atoms with E-state index in [4.69, 9.17) is 5.11 Å². The maximum atomic E-state index is 15.3. The first-order valence-electron chi connectivity index (χ1n) is 10.5. The fraction of sp³-hybridized carbons (Fsp3) is 0.130. The number of carboxylic acids is 1. The van der Waals surface area contributed by atoms with Gasteiger partial charge in [0.1, 0.15) is 11.4 Å². The number of hydrogen-bond donors (Lipinski definition) is 3. The van der Waals surface area contributed by atoms with E-state index in [9.17, 15) is 27.0 Å². The van der Waals surface area contributed by atoms with E-state index in [0.29, 0.717) is 11.1 Å². The van der Waals surface area contributed by atoms with Crippen LogP contribution < -0.4 is 4.31 Å². The molecule has 0 bridgehead atoms. The molecule has 0 spiro atoms. The number of nitrogens with one attached hydrogen (secondary N) is 1. The molecule has 0 amide bonds. The highest BCUT2D eigenvalue weighted by Gasteiger charge is 2.30. The number of nitrogens with zero attached hydrogens (tertiary/aromatic N) is 3. The molecule has 13 heteroatoms. The number of aromatic carboxylic acids is 1. The molecule has 2 aromatic heterocycles. The maximum absolute atomic E-state index is 15.3. The number of H-pyrrole nitrogens is 1. The van der Waals surface area contributed by atoms with E-state index in [0.717, 1.165) is 12.1 Å². The first kappa shape index (κ1) is 24.9. The first-order chi connectivity index (χ1) is 17.0. The number of carbonyl (C=O) groups excluding carboxylic acids is 1. The van der Waals surface area contributed by atoms with Gasteiger partial charge in [0.25, 0.3) is 0 Å². The molecule has 4 rings (SSSR count). The summed E-state index contributed by atoms with van der Waals surface area (Å²) in [6.07, 6.45) is 1.60. The minimum absolute atomic E-state index is 0.0802. The zero-order valence-corrected chi connectivity index (χ0v) is 19.4. The molecule has 10 nitrogen and oxygen atoms in total. The van der Waals surface area contributed by atoms with Crippen molar-refractivity contribution in [1.82, 2.24) is 15.2 Å². The van der Waals surface area contributed by atoms with Gasteiger partial charge in [-0.2, -0.15) is 13.5 Å². The van der Waals surface area contributed by atoms with Gasteiger partial charge >= 0.3 is 16.3 Å². The van der Waals surface area contributed by atoms with Crippen LogP contribution in [0.15, 0.2) is 48.7 Å². The summed E-state index contributed by atoms with van der Waals surface area (Å²) in [5.41, 5.74) is -0.632. The van der Waals surface area contributed by atoms with Crippen LogP contribution in [0, 0.1) is 11.6 Å². The second-order valence-electron chi connectivity index (χ2n) is 7.71. The lowest BCUT2D eigenvalue weighted by molar-refractivity contribution is 0.0696. The first-order valence-corrected chi connectivity index (χ1v) is 11.9. The average molecular weight is 516 g/mol. The predicted molar refractivity (Wildman–Crippen MR) is 125 cm³/mol. The Kier molecular flexibility index (Phi) is 6.52. The summed E-state index contributed by atoms with van der Waals surface area (Å²) in [5.74, 6) is -4.83. The van der Waals surface area contributed by atoms with E-state index >= 15 is 4.39 Å². The van der Waals surface area contributed by atoms with E-state index in [1.54, 1.807) is 25.1 Å². The highest BCUT2D eigenvalue weighted by atomic mass is 32.2. The fourth-order valence-electron chi connectivity index (χ4n) is 3.66. The summed E-state index contributed by atoms with van der Waals surface area (Å²) >= 11 is 0. The van der Waals surface area contributed by atoms with Crippen molar-refractivity contribution in [1.29, 1.82) is 0 Å². The number of rotatable bonds is 8. The highest BCUT2D eigenvalue weighted by molar-refractivity contribution is 7.87. The Labute approximate surface area is 203 Å². The van der Waals surface area contributed by atoms with Crippen LogP contribution in [0.2, 0.25) is 0 Å². The summed E-state index contributed by atoms with van der Waals surface area (Å²) in [5, 5.41) is 15.7. The van der Waals surface area contributed by atoms with Crippen LogP contribution >= 0.6 is 0 Å². The van der Waals surface area contributed by atoms with E-state index < -0.39 is 51.5 Å². The topological polar surface area (TPSA) is 154 Å². The number of anilines is 1. The minimum Gasteiger partial charge on any atom is -0.478 e. The van der Waals surface area contributed by atoms with Gasteiger partial charge in [-0.15, -0.1) is 0 Å². The van der Waals surface area contributed by atoms with Crippen molar-refractivity contribution < 1.29 is 36.4 Å². The zero-order valence-electron chi connectivity index (χ0n) is 18.6. The Hall–Kier alpha value is -4.23. The van der Waals surface area contributed by atoms with Crippen molar-refractivity contribution >= 4 is 38.8 Å². The Morgan fingerprint density at radius 2 is 1.78 bits per heavy atom. The SMILES string of the molecule is CCCN(c1c(F)ccc(C(=O)c2n[nH]c3ncc(-c4ccc(C(=O)O)cc4)cc23)c1F)S(=O)(=O)O. The number of halogens is 2. The smallest absolute Gasteiger partial charge is 0.360 e. The summed E-state index contributed by atoms with van der Waals surface area (Å²) in [7, 11) is -5.03. The molecule has 0 aliphatic carbocycles. The molecule has 2 heterocycles. The molecule has 0 radical (unpaired) electrons. The van der Waals surface area contributed by atoms with Crippen LogP contribution in [-0.2, 0) is 10.3 Å². The van der Waals surface area contributed by atoms with Crippen molar-refractivity contribution in [3.8, 4) is 11.1 Å². The molecule has 3 N–H and O–H groups in total. The Morgan fingerprint density at radius 3 is 2.39 bits per heavy atom. The molecule has 36 heavy (non-hydrogen) atoms. The molecule has 186 valence electrons. The number of ketones is 1. The average Bonchev–Trinajstić information content (AvgIpc) is 3.26. The summed E-state index contributed by atoms with van der Waals surface area (Å²) in [4.78, 5) is 28.5. The van der Waals surface area contributed by atoms with Gasteiger partial charge in [0.15, 0.2) is 17.3 Å². The molecule has 2 aromatic carbocycles. The van der Waals surface area contributed by atoms with Crippen LogP contribution in [-0.4, -0.2) is 51.6 Å². The second kappa shape index (κ2) is 9.43. The highest BCUT2D eigenvalue weighted by Crippen LogP contribution is 2.31. The van der Waals surface area contributed by atoms with Crippen molar-refractivity contribution in [2.45, 2.75) is 13.3 Å². The van der Waals surface area contributed by atoms with Gasteiger partial charge < -0.3 is 5.11 Å². The quantitative estimate of drug-likeness (QED) is 0.236. The third-order valence-electron chi connectivity index (χ3n) is 5.36. The van der Waals surface area contributed by atoms with E-state index in [-0.39, 0.29) is 33.0 Å². The molecule has 0 fully saturated rings. The largest absolute Gasteiger partial charge is 0.478 e. The van der Waals surface area contributed by atoms with Gasteiger partial charge in [-0.25, -0.2) is 22.9 Å². The number of benzene rings is 2. The molecule has 0 atom stereocenters. The zero-order chi connectivity index (χ0) is 26.2. The predicted octanol–water partition coefficient (Wildman–Crippen LogP) is 3.85. The lowest BCUT2D eigenvalue weighted by Gasteiger charge is -2.22. The molecular formula is C23H18F2N4O6S. The number of hydrogen-bond acceptors (Lipinski definition) is 6. The van der Waals surface area contributed by atoms with Crippen molar-refractivity contribution in [3.05, 3.63) is 77.1 Å². The van der Waals surface area contributed by atoms with Crippen LogP contribution in [0.25, 0.3) is 22.2 Å². The van der Waals surface area contributed by atoms with Crippen molar-refractivity contribution in [3.63, 3.8) is 0 Å². The third-order valence-corrected chi connectivity index (χ3v) is 6.28. The fourth-order valence-corrected chi connectivity index (χ4v) is 4.47. The minimum atomic E-state index is -5.03. The molecule has 0 aliphatic heterocycles. The van der Waals surface area contributed by atoms with Crippen LogP contribution in [0.5, 0.6) is 0 Å². The standard InChI is InChI=1S/C23H18F2N4O6S/c1-2-9-29(36(33,34)35)20-17(24)8-7-15(18(20)25)21(30)19-16-10-14(11-26-22(16)28-27-19)12-3-5-13(6-4-12)23(31)32/h3-8,10-11H,2,9H2,1H3,(H,31,32)(H,26,27,28)(H,33,34,35). The van der Waals surface area contributed by atoms with Gasteiger partial charge in [-0.05, 0) is 42.3 Å². The molecular weight excluding hydrogens is 498 g/mol. The number of aromatic nitrogens is 3. The van der Waals surface area contributed by atoms with Crippen LogP contribution in [0.3, 0.4) is 0 Å². The van der Waals surface area contributed by atoms with Crippen LogP contribution in [0.1, 0.15) is 39.8 Å². The molecule has 0 aliphatic rings. The number of carboxylic acid groups (broad SMARTS) is 1. The number of fused-ring (bicyclic) bond motifs is 1. The molecule has 4 aromatic rings. The van der Waals surface area contributed by atoms with Crippen molar-refractivity contribution in [2.24, 2.45) is 0 Å². The number of pyridine rings is 1. The number of carbonyl (C=O) groups is 2. The lowest BCUT2D eigenvalue weighted by Crippen LogP contribution is -2.33. The van der Waals surface area contributed by atoms with Crippen molar-refractivity contribution in [2.75, 3.05) is 10.8 Å². The number of aromatic amines is 1. The summed E-state index contributed by atoms with van der Waals surface area (Å²) < 4.78 is 62.9. The Balaban J connectivity index is 1.80. The lowest BCUT2D eigenvalue weighted by atomic mass is 10.0. The second-order valence-corrected chi connectivity index (χ2v) is 9.05. The summed E-state index contributed by atoms with van der Waals surface area (Å²) in [6, 6.07) is 9.02. The molecule has 0 saturated carbocycles. The monoisotopic (exact) mass is 516 g/mol. The van der Waals surface area contributed by atoms with E-state index in [2.05, 4.69) is 15.2 Å². The van der Waals surface area contributed by atoms with Gasteiger partial charge in [0, 0.05) is 18.3 Å².